The number of fused-ring (bicyclic) bond motifs is 1. The molecule has 0 aliphatic carbocycles. The molecule has 2 aromatic rings. The van der Waals surface area contributed by atoms with Crippen LogP contribution in [-0.2, 0) is 11.0 Å². The second kappa shape index (κ2) is 3.69. The average molecular weight is 226 g/mol. The van der Waals surface area contributed by atoms with Crippen LogP contribution in [0.2, 0.25) is 5.02 Å². The normalized spacial score (nSPS) is 13.0. The van der Waals surface area contributed by atoms with E-state index in [4.69, 9.17) is 16.7 Å². The number of rotatable bonds is 1. The molecule has 1 unspecified atom stereocenters. The molecule has 0 aromatic heterocycles. The van der Waals surface area contributed by atoms with Crippen LogP contribution in [0.25, 0.3) is 10.8 Å². The largest absolute Gasteiger partial charge is 0.248 e. The minimum absolute atomic E-state index is 0.616. The van der Waals surface area contributed by atoms with Crippen LogP contribution in [0, 0.1) is 0 Å². The Labute approximate surface area is 89.3 Å². The van der Waals surface area contributed by atoms with Gasteiger partial charge < -0.3 is 0 Å². The molecule has 0 fully saturated rings. The number of hydrogen-bond donors (Lipinski definition) is 1. The summed E-state index contributed by atoms with van der Waals surface area (Å²) in [4.78, 5) is 0.616. The fourth-order valence-corrected chi connectivity index (χ4v) is 2.23. The van der Waals surface area contributed by atoms with Crippen LogP contribution in [-0.4, -0.2) is 4.21 Å². The van der Waals surface area contributed by atoms with Crippen molar-refractivity contribution >= 4 is 33.4 Å². The highest BCUT2D eigenvalue weighted by Crippen LogP contribution is 2.27. The SMILES string of the molecule is NS(=O)c1ccc(Cl)c2ccccc12. The van der Waals surface area contributed by atoms with Crippen molar-refractivity contribution in [2.24, 2.45) is 5.14 Å². The minimum atomic E-state index is -1.47. The molecule has 0 aliphatic rings. The number of hydrogen-bond acceptors (Lipinski definition) is 1. The molecule has 2 nitrogen and oxygen atoms in total. The first-order valence-electron chi connectivity index (χ1n) is 4.03. The standard InChI is InChI=1S/C10H8ClNOS/c11-9-5-6-10(14(12)13)8-4-2-1-3-7(8)9/h1-6H,12H2. The zero-order valence-corrected chi connectivity index (χ0v) is 8.81. The van der Waals surface area contributed by atoms with Gasteiger partial charge in [0, 0.05) is 15.8 Å². The Morgan fingerprint density at radius 1 is 1.07 bits per heavy atom. The summed E-state index contributed by atoms with van der Waals surface area (Å²) in [6.07, 6.45) is 0. The Morgan fingerprint density at radius 3 is 2.36 bits per heavy atom. The highest BCUT2D eigenvalue weighted by Gasteiger charge is 2.06. The summed E-state index contributed by atoms with van der Waals surface area (Å²) in [6.45, 7) is 0. The lowest BCUT2D eigenvalue weighted by atomic mass is 10.1. The molecule has 2 N–H and O–H groups in total. The van der Waals surface area contributed by atoms with E-state index in [1.54, 1.807) is 12.1 Å². The van der Waals surface area contributed by atoms with E-state index < -0.39 is 11.0 Å². The maximum Gasteiger partial charge on any atom is 0.122 e. The van der Waals surface area contributed by atoms with Crippen molar-refractivity contribution < 1.29 is 4.21 Å². The zero-order valence-electron chi connectivity index (χ0n) is 7.24. The van der Waals surface area contributed by atoms with E-state index >= 15 is 0 Å². The summed E-state index contributed by atoms with van der Waals surface area (Å²) >= 11 is 5.99. The molecule has 14 heavy (non-hydrogen) atoms. The molecule has 0 spiro atoms. The Kier molecular flexibility index (Phi) is 2.54. The van der Waals surface area contributed by atoms with Crippen molar-refractivity contribution in [2.45, 2.75) is 4.90 Å². The highest BCUT2D eigenvalue weighted by atomic mass is 35.5. The van der Waals surface area contributed by atoms with Crippen LogP contribution in [0.3, 0.4) is 0 Å². The monoisotopic (exact) mass is 225 g/mol. The Balaban J connectivity index is 2.88. The van der Waals surface area contributed by atoms with E-state index in [9.17, 15) is 4.21 Å². The van der Waals surface area contributed by atoms with Crippen LogP contribution < -0.4 is 5.14 Å². The maximum absolute atomic E-state index is 11.2. The van der Waals surface area contributed by atoms with Gasteiger partial charge in [-0.2, -0.15) is 0 Å². The lowest BCUT2D eigenvalue weighted by molar-refractivity contribution is 0.685. The first-order chi connectivity index (χ1) is 6.70. The van der Waals surface area contributed by atoms with Crippen LogP contribution in [0.4, 0.5) is 0 Å². The third kappa shape index (κ3) is 1.54. The first kappa shape index (κ1) is 9.65. The molecule has 0 bridgehead atoms. The Morgan fingerprint density at radius 2 is 1.71 bits per heavy atom. The molecular weight excluding hydrogens is 218 g/mol. The first-order valence-corrected chi connectivity index (χ1v) is 5.62. The van der Waals surface area contributed by atoms with Crippen molar-refractivity contribution in [3.63, 3.8) is 0 Å². The molecule has 0 amide bonds. The topological polar surface area (TPSA) is 43.1 Å². The number of benzene rings is 2. The van der Waals surface area contributed by atoms with Gasteiger partial charge in [0.15, 0.2) is 0 Å². The van der Waals surface area contributed by atoms with Crippen LogP contribution in [0.15, 0.2) is 41.3 Å². The fourth-order valence-electron chi connectivity index (χ4n) is 1.41. The Bertz CT molecular complexity index is 512. The number of nitrogens with two attached hydrogens (primary N) is 1. The van der Waals surface area contributed by atoms with Gasteiger partial charge in [0.05, 0.1) is 4.90 Å². The summed E-state index contributed by atoms with van der Waals surface area (Å²) < 4.78 is 11.2. The van der Waals surface area contributed by atoms with Gasteiger partial charge in [-0.3, -0.25) is 0 Å². The molecule has 0 heterocycles. The van der Waals surface area contributed by atoms with Crippen molar-refractivity contribution in [1.82, 2.24) is 0 Å². The summed E-state index contributed by atoms with van der Waals surface area (Å²) in [5.74, 6) is 0. The summed E-state index contributed by atoms with van der Waals surface area (Å²) in [5, 5.41) is 7.74. The smallest absolute Gasteiger partial charge is 0.122 e. The lowest BCUT2D eigenvalue weighted by Gasteiger charge is -2.04. The van der Waals surface area contributed by atoms with Gasteiger partial charge in [0.25, 0.3) is 0 Å². The molecular formula is C10H8ClNOS. The molecule has 0 radical (unpaired) electrons. The van der Waals surface area contributed by atoms with Crippen LogP contribution in [0.1, 0.15) is 0 Å². The second-order valence-corrected chi connectivity index (χ2v) is 4.33. The molecule has 1 atom stereocenters. The third-order valence-corrected chi connectivity index (χ3v) is 3.17. The third-order valence-electron chi connectivity index (χ3n) is 2.05. The van der Waals surface area contributed by atoms with Crippen molar-refractivity contribution in [3.8, 4) is 0 Å². The summed E-state index contributed by atoms with van der Waals surface area (Å²) in [7, 11) is -1.47. The molecule has 4 heteroatoms. The summed E-state index contributed by atoms with van der Waals surface area (Å²) in [5.41, 5.74) is 0. The van der Waals surface area contributed by atoms with Crippen molar-refractivity contribution in [3.05, 3.63) is 41.4 Å². The minimum Gasteiger partial charge on any atom is -0.248 e. The fraction of sp³-hybridized carbons (Fsp3) is 0. The van der Waals surface area contributed by atoms with E-state index in [0.717, 1.165) is 10.8 Å². The zero-order chi connectivity index (χ0) is 10.1. The number of halogens is 1. The van der Waals surface area contributed by atoms with Gasteiger partial charge in [-0.25, -0.2) is 9.35 Å². The van der Waals surface area contributed by atoms with E-state index in [1.807, 2.05) is 24.3 Å². The lowest BCUT2D eigenvalue weighted by Crippen LogP contribution is -2.03. The Hall–Kier alpha value is -0.900. The van der Waals surface area contributed by atoms with Crippen LogP contribution in [0.5, 0.6) is 0 Å². The average Bonchev–Trinajstić information content (AvgIpc) is 2.18. The van der Waals surface area contributed by atoms with Gasteiger partial charge >= 0.3 is 0 Å². The molecule has 0 aliphatic heterocycles. The highest BCUT2D eigenvalue weighted by molar-refractivity contribution is 7.83. The van der Waals surface area contributed by atoms with Gasteiger partial charge in [0.2, 0.25) is 0 Å². The molecule has 0 saturated heterocycles. The quantitative estimate of drug-likeness (QED) is 0.796. The van der Waals surface area contributed by atoms with Gasteiger partial charge in [-0.1, -0.05) is 35.9 Å². The van der Waals surface area contributed by atoms with Gasteiger partial charge in [-0.05, 0) is 12.1 Å². The predicted octanol–water partition coefficient (Wildman–Crippen LogP) is 2.47. The summed E-state index contributed by atoms with van der Waals surface area (Å²) in [6, 6.07) is 10.9. The maximum atomic E-state index is 11.2. The van der Waals surface area contributed by atoms with Gasteiger partial charge in [-0.15, -0.1) is 0 Å². The van der Waals surface area contributed by atoms with E-state index in [1.165, 1.54) is 0 Å². The predicted molar refractivity (Wildman–Crippen MR) is 59.6 cm³/mol. The van der Waals surface area contributed by atoms with Crippen molar-refractivity contribution in [2.75, 3.05) is 0 Å². The molecule has 72 valence electrons. The molecule has 2 aromatic carbocycles. The van der Waals surface area contributed by atoms with Gasteiger partial charge in [0.1, 0.15) is 11.0 Å². The van der Waals surface area contributed by atoms with E-state index in [0.29, 0.717) is 9.92 Å². The molecule has 0 saturated carbocycles. The van der Waals surface area contributed by atoms with E-state index in [-0.39, 0.29) is 0 Å². The molecule has 2 rings (SSSR count). The van der Waals surface area contributed by atoms with E-state index in [2.05, 4.69) is 0 Å². The second-order valence-electron chi connectivity index (χ2n) is 2.89. The van der Waals surface area contributed by atoms with Crippen molar-refractivity contribution in [1.29, 1.82) is 0 Å². The van der Waals surface area contributed by atoms with Crippen LogP contribution >= 0.6 is 11.6 Å².